The summed E-state index contributed by atoms with van der Waals surface area (Å²) in [7, 11) is 4.92. The van der Waals surface area contributed by atoms with Crippen LogP contribution in [0.4, 0.5) is 0 Å². The van der Waals surface area contributed by atoms with Crippen molar-refractivity contribution in [3.63, 3.8) is 0 Å². The summed E-state index contributed by atoms with van der Waals surface area (Å²) in [5.41, 5.74) is 6.71. The number of hydrogen-bond donors (Lipinski definition) is 0. The first kappa shape index (κ1) is 89.5. The SMILES string of the molecule is O=c1c2ccccc2c(=O)n2n1C(c1ccccc1)[C-](CC[PH+]1[C@@H](c3ccccc3)n3c(=O)c4ccccc4c(=O)n3[C@@H]1c1ccccc1)[C@H]2c1ccccc1.O=c1c2ccccc2c(=O)n2n1[C@H](c1ccccc1)[PH+](c1ccccc1)[C@H]2c1ccccc1.O=c1c2ccccc2c(=O)n2n1[C@H](c1ccccc1)[PH+](c1ccccc1)[C@H]2c1ccccc1.[CH3-].[CH3-].[Cl][Pt][Cl].[Pt]. The number of hydrogen-bond acceptors (Lipinski definition) is 8. The molecule has 0 radical (unpaired) electrons. The van der Waals surface area contributed by atoms with Gasteiger partial charge in [-0.25, -0.2) is 9.36 Å². The van der Waals surface area contributed by atoms with E-state index in [1.54, 1.807) is 98.1 Å². The van der Waals surface area contributed by atoms with Gasteiger partial charge in [-0.1, -0.05) is 339 Å². The molecule has 0 bridgehead atoms. The van der Waals surface area contributed by atoms with E-state index in [1.807, 2.05) is 243 Å². The molecule has 0 saturated heterocycles. The quantitative estimate of drug-likeness (QED) is 0.0809. The first-order chi connectivity index (χ1) is 61.4. The predicted molar refractivity (Wildman–Crippen MR) is 521 cm³/mol. The number of halogens is 2. The Bertz CT molecular complexity index is 6700. The maximum atomic E-state index is 14.7. The Kier molecular flexibility index (Phi) is 27.5. The number of aromatic nitrogens is 8. The molecule has 22 rings (SSSR count). The van der Waals surface area contributed by atoms with E-state index < -0.39 is 52.3 Å². The topological polar surface area (TPSA) is 176 Å². The Morgan fingerprint density at radius 2 is 0.383 bits per heavy atom. The van der Waals surface area contributed by atoms with Crippen molar-refractivity contribution in [2.24, 2.45) is 0 Å². The second-order valence-corrected chi connectivity index (χ2v) is 42.4. The van der Waals surface area contributed by atoms with Gasteiger partial charge in [0.2, 0.25) is 0 Å². The molecule has 1 unspecified atom stereocenters. The van der Waals surface area contributed by atoms with E-state index >= 15 is 0 Å². The maximum Gasteiger partial charge on any atom is 0 e. The molecule has 14 aromatic carbocycles. The average molecular weight is 2140 g/mol. The molecule has 0 spiro atoms. The standard InChI is InChI=1S/C47H36N4O4P.2C28H21N2O2P.2CH3.2ClH.2Pt/c52-42-35-25-13-14-26-36(35)43(53)49-41(32-19-7-2-8-20-32)39(40(48(42)49)31-17-5-1-6-18-31)29-30-56-46(33-21-9-3-10-22-33)50-44(54)37-27-15-16-28-38(37)45(55)51(50)47(56)34-23-11-4-12-24-34;2*31-25-23-18-10-11-19-24(23)26(32)30-28(21-14-6-2-7-15-21)33(22-16-8-3-9-17-22)27(29(25)30)20-12-4-1-5-13-20;;;;;;/h1-28,40-41,46-47H,29-30H2;2*1-19,27-28H;2*1H3;2*1H;;/q-1;;;2*-1;;;;+2/p+1/t40-,41?,46+,47+;2*27-,28-;;;;;;/m100....../s1. The van der Waals surface area contributed by atoms with Gasteiger partial charge in [-0.15, -0.1) is 6.42 Å². The van der Waals surface area contributed by atoms with Crippen LogP contribution >= 0.6 is 42.6 Å². The fourth-order valence-electron chi connectivity index (χ4n) is 19.4. The van der Waals surface area contributed by atoms with Gasteiger partial charge in [0.25, 0.3) is 44.5 Å². The molecule has 128 heavy (non-hydrogen) atoms. The molecule has 16 nitrogen and oxygen atoms in total. The van der Waals surface area contributed by atoms with Gasteiger partial charge in [0.1, 0.15) is 0 Å². The minimum Gasteiger partial charge on any atom is 0 e. The summed E-state index contributed by atoms with van der Waals surface area (Å²) in [5, 5.41) is 5.89. The Hall–Kier alpha value is -11.9. The van der Waals surface area contributed by atoms with Crippen LogP contribution in [-0.4, -0.2) is 43.6 Å². The molecule has 4 aliphatic heterocycles. The summed E-state index contributed by atoms with van der Waals surface area (Å²) in [6.45, 7) is 0. The van der Waals surface area contributed by atoms with E-state index in [-0.39, 0.29) is 115 Å². The third-order valence-electron chi connectivity index (χ3n) is 24.5. The Balaban J connectivity index is 0.000000145. The molecule has 0 amide bonds. The van der Waals surface area contributed by atoms with Crippen molar-refractivity contribution >= 4 is 96.3 Å². The summed E-state index contributed by atoms with van der Waals surface area (Å²) in [6, 6.07) is 129. The molecule has 8 heterocycles. The third kappa shape index (κ3) is 16.1. The zero-order valence-electron chi connectivity index (χ0n) is 69.4. The second kappa shape index (κ2) is 39.4. The van der Waals surface area contributed by atoms with E-state index in [0.29, 0.717) is 55.7 Å². The van der Waals surface area contributed by atoms with Crippen LogP contribution in [0, 0.1) is 20.8 Å². The van der Waals surface area contributed by atoms with E-state index in [9.17, 15) is 38.4 Å². The van der Waals surface area contributed by atoms with Crippen LogP contribution in [0.1, 0.15) is 97.7 Å². The second-order valence-electron chi connectivity index (χ2n) is 31.2. The van der Waals surface area contributed by atoms with Gasteiger partial charge in [-0.3, -0.25) is 53.6 Å². The molecule has 18 aromatic rings. The van der Waals surface area contributed by atoms with Gasteiger partial charge in [0, 0.05) is 60.6 Å². The van der Waals surface area contributed by atoms with Crippen LogP contribution < -0.4 is 55.1 Å². The Labute approximate surface area is 772 Å². The van der Waals surface area contributed by atoms with Crippen LogP contribution in [-0.2, 0) is 37.5 Å². The van der Waals surface area contributed by atoms with Crippen LogP contribution in [0.15, 0.2) is 439 Å². The van der Waals surface area contributed by atoms with Crippen molar-refractivity contribution in [3.05, 3.63) is 548 Å². The predicted octanol–water partition coefficient (Wildman–Crippen LogP) is 19.7. The van der Waals surface area contributed by atoms with Gasteiger partial charge < -0.3 is 14.9 Å². The maximum absolute atomic E-state index is 14.7. The first-order valence-electron chi connectivity index (χ1n) is 41.3. The number of benzene rings is 14. The van der Waals surface area contributed by atoms with Crippen LogP contribution in [0.3, 0.4) is 0 Å². The molecule has 644 valence electrons. The molecule has 0 fully saturated rings. The first-order valence-corrected chi connectivity index (χ1v) is 52.1. The molecule has 23 heteroatoms. The molecular weight excluding hydrogens is 2060 g/mol. The largest absolute Gasteiger partial charge is 0 e. The average Bonchev–Trinajstić information content (AvgIpc) is 1.57. The zero-order chi connectivity index (χ0) is 85.3. The van der Waals surface area contributed by atoms with Crippen molar-refractivity contribution < 1.29 is 37.5 Å². The smallest absolute Gasteiger partial charge is 0 e. The summed E-state index contributed by atoms with van der Waals surface area (Å²) < 4.78 is 13.8. The van der Waals surface area contributed by atoms with E-state index in [1.165, 1.54) is 10.6 Å². The monoisotopic (exact) mass is 2140 g/mol. The molecule has 0 aliphatic carbocycles. The van der Waals surface area contributed by atoms with E-state index in [2.05, 4.69) is 97.1 Å². The van der Waals surface area contributed by atoms with Crippen LogP contribution in [0.5, 0.6) is 0 Å². The van der Waals surface area contributed by atoms with Crippen molar-refractivity contribution in [3.8, 4) is 0 Å². The summed E-state index contributed by atoms with van der Waals surface area (Å²) >= 11 is -0.472. The fourth-order valence-corrected chi connectivity index (χ4v) is 30.4. The number of fused-ring (bicyclic) bond motifs is 8. The van der Waals surface area contributed by atoms with Crippen molar-refractivity contribution in [2.75, 3.05) is 6.16 Å². The van der Waals surface area contributed by atoms with Gasteiger partial charge in [-0.05, 0) is 84.9 Å². The van der Waals surface area contributed by atoms with Gasteiger partial charge in [-0.2, -0.15) is 18.7 Å². The van der Waals surface area contributed by atoms with Gasteiger partial charge in [0.05, 0.1) is 77.5 Å². The van der Waals surface area contributed by atoms with Gasteiger partial charge in [0.15, 0.2) is 34.7 Å². The third-order valence-corrected chi connectivity index (χ3v) is 34.6. The summed E-state index contributed by atoms with van der Waals surface area (Å²) in [4.78, 5) is 114. The fraction of sp³-hybridized carbons (Fsp3) is 0.0952. The van der Waals surface area contributed by atoms with Crippen molar-refractivity contribution in [2.45, 2.75) is 53.2 Å². The minimum atomic E-state index is -1.78. The minimum absolute atomic E-state index is 0. The molecule has 4 aromatic heterocycles. The summed E-state index contributed by atoms with van der Waals surface area (Å²) in [6.07, 6.45) is 1.19. The van der Waals surface area contributed by atoms with Crippen molar-refractivity contribution in [1.82, 2.24) is 37.5 Å². The molecule has 8 atom stereocenters. The van der Waals surface area contributed by atoms with E-state index in [4.69, 9.17) is 18.8 Å². The Morgan fingerprint density at radius 3 is 0.586 bits per heavy atom. The Morgan fingerprint density at radius 1 is 0.227 bits per heavy atom. The van der Waals surface area contributed by atoms with E-state index in [0.717, 1.165) is 50.4 Å². The summed E-state index contributed by atoms with van der Waals surface area (Å²) in [5.74, 6) is -0.587. The van der Waals surface area contributed by atoms with Crippen LogP contribution in [0.25, 0.3) is 43.1 Å². The molecule has 0 saturated carbocycles. The molecular formula is C105H87Cl2N8O8P3Pt2. The van der Waals surface area contributed by atoms with Crippen LogP contribution in [0.2, 0.25) is 0 Å². The molecule has 0 N–H and O–H groups in total. The van der Waals surface area contributed by atoms with Gasteiger partial charge >= 0.3 is 35.3 Å². The van der Waals surface area contributed by atoms with Crippen molar-refractivity contribution in [1.29, 1.82) is 0 Å². The normalized spacial score (nSPS) is 17.8. The molecule has 4 aliphatic rings. The number of nitrogens with zero attached hydrogens (tertiary/aromatic N) is 8. The number of rotatable bonds is 13. The zero-order valence-corrected chi connectivity index (χ0v) is 78.4.